The number of nitrogen functional groups attached to an aromatic ring is 1. The van der Waals surface area contributed by atoms with Gasteiger partial charge in [0.1, 0.15) is 12.0 Å². The highest BCUT2D eigenvalue weighted by Crippen LogP contribution is 2.21. The first kappa shape index (κ1) is 13.6. The van der Waals surface area contributed by atoms with Crippen LogP contribution in [-0.4, -0.2) is 20.0 Å². The summed E-state index contributed by atoms with van der Waals surface area (Å²) in [6.45, 7) is 2.48. The molecule has 3 aromatic rings. The van der Waals surface area contributed by atoms with Crippen LogP contribution >= 0.6 is 11.6 Å². The van der Waals surface area contributed by atoms with Crippen molar-refractivity contribution in [2.45, 2.75) is 19.9 Å². The Balaban J connectivity index is 1.83. The lowest BCUT2D eigenvalue weighted by atomic mass is 10.2. The Kier molecular flexibility index (Phi) is 3.62. The summed E-state index contributed by atoms with van der Waals surface area (Å²) in [5.74, 6) is 1.01. The standard InChI is InChI=1S/C14H14ClN5O/c1-2-12-13(16)18-19-20(12)7-11-8-21-14(17-11)9-3-5-10(15)6-4-9/h3-6,8H,2,7,16H2,1H3. The number of aromatic nitrogens is 4. The molecule has 0 bridgehead atoms. The average molecular weight is 304 g/mol. The highest BCUT2D eigenvalue weighted by molar-refractivity contribution is 6.30. The third-order valence-corrected chi connectivity index (χ3v) is 3.41. The fraction of sp³-hybridized carbons (Fsp3) is 0.214. The molecule has 0 fully saturated rings. The molecular weight excluding hydrogens is 290 g/mol. The number of halogens is 1. The van der Waals surface area contributed by atoms with Crippen molar-refractivity contribution in [3.63, 3.8) is 0 Å². The maximum absolute atomic E-state index is 5.87. The average Bonchev–Trinajstić information content (AvgIpc) is 3.07. The Morgan fingerprint density at radius 1 is 1.29 bits per heavy atom. The summed E-state index contributed by atoms with van der Waals surface area (Å²) in [4.78, 5) is 4.45. The van der Waals surface area contributed by atoms with Crippen LogP contribution < -0.4 is 5.73 Å². The van der Waals surface area contributed by atoms with Crippen molar-refractivity contribution in [3.8, 4) is 11.5 Å². The molecule has 0 aliphatic carbocycles. The van der Waals surface area contributed by atoms with E-state index in [-0.39, 0.29) is 0 Å². The molecule has 7 heteroatoms. The predicted octanol–water partition coefficient (Wildman–Crippen LogP) is 2.78. The van der Waals surface area contributed by atoms with Crippen LogP contribution in [0.25, 0.3) is 11.5 Å². The molecule has 1 aromatic carbocycles. The van der Waals surface area contributed by atoms with Gasteiger partial charge in [0.05, 0.1) is 12.2 Å². The summed E-state index contributed by atoms with van der Waals surface area (Å²) in [5, 5.41) is 8.57. The fourth-order valence-electron chi connectivity index (χ4n) is 2.09. The van der Waals surface area contributed by atoms with Crippen molar-refractivity contribution >= 4 is 17.4 Å². The zero-order valence-electron chi connectivity index (χ0n) is 11.5. The second kappa shape index (κ2) is 5.57. The van der Waals surface area contributed by atoms with E-state index >= 15 is 0 Å². The van der Waals surface area contributed by atoms with Crippen molar-refractivity contribution in [1.29, 1.82) is 0 Å². The first-order valence-corrected chi connectivity index (χ1v) is 6.93. The SMILES string of the molecule is CCc1c(N)nnn1Cc1coc(-c2ccc(Cl)cc2)n1. The van der Waals surface area contributed by atoms with Gasteiger partial charge < -0.3 is 10.2 Å². The Morgan fingerprint density at radius 2 is 2.05 bits per heavy atom. The quantitative estimate of drug-likeness (QED) is 0.801. The van der Waals surface area contributed by atoms with Gasteiger partial charge in [-0.25, -0.2) is 9.67 Å². The molecule has 0 saturated carbocycles. The summed E-state index contributed by atoms with van der Waals surface area (Å²) >= 11 is 5.87. The van der Waals surface area contributed by atoms with Crippen LogP contribution in [-0.2, 0) is 13.0 Å². The van der Waals surface area contributed by atoms with Crippen LogP contribution in [0.4, 0.5) is 5.82 Å². The Labute approximate surface area is 126 Å². The zero-order chi connectivity index (χ0) is 14.8. The Hall–Kier alpha value is -2.34. The number of anilines is 1. The maximum atomic E-state index is 5.87. The number of rotatable bonds is 4. The molecule has 6 nitrogen and oxygen atoms in total. The van der Waals surface area contributed by atoms with Gasteiger partial charge in [0.25, 0.3) is 0 Å². The highest BCUT2D eigenvalue weighted by Gasteiger charge is 2.12. The van der Waals surface area contributed by atoms with Crippen LogP contribution in [0.1, 0.15) is 18.3 Å². The van der Waals surface area contributed by atoms with Crippen molar-refractivity contribution in [1.82, 2.24) is 20.0 Å². The van der Waals surface area contributed by atoms with E-state index in [0.29, 0.717) is 23.3 Å². The molecule has 0 amide bonds. The molecule has 0 spiro atoms. The molecule has 0 radical (unpaired) electrons. The van der Waals surface area contributed by atoms with Crippen molar-refractivity contribution in [2.75, 3.05) is 5.73 Å². The van der Waals surface area contributed by atoms with E-state index in [9.17, 15) is 0 Å². The first-order valence-electron chi connectivity index (χ1n) is 6.55. The summed E-state index contributed by atoms with van der Waals surface area (Å²) in [5.41, 5.74) is 8.30. The van der Waals surface area contributed by atoms with Crippen molar-refractivity contribution in [3.05, 3.63) is 46.9 Å². The molecule has 0 unspecified atom stereocenters. The summed E-state index contributed by atoms with van der Waals surface area (Å²) in [6, 6.07) is 7.33. The van der Waals surface area contributed by atoms with Gasteiger partial charge in [-0.3, -0.25) is 0 Å². The zero-order valence-corrected chi connectivity index (χ0v) is 12.2. The number of hydrogen-bond donors (Lipinski definition) is 1. The summed E-state index contributed by atoms with van der Waals surface area (Å²) in [7, 11) is 0. The van der Waals surface area contributed by atoms with E-state index in [0.717, 1.165) is 23.4 Å². The molecule has 0 saturated heterocycles. The van der Waals surface area contributed by atoms with E-state index in [1.54, 1.807) is 23.1 Å². The minimum Gasteiger partial charge on any atom is -0.444 e. The lowest BCUT2D eigenvalue weighted by Gasteiger charge is -2.01. The molecule has 0 aliphatic rings. The van der Waals surface area contributed by atoms with Gasteiger partial charge in [-0.2, -0.15) is 0 Å². The van der Waals surface area contributed by atoms with Gasteiger partial charge in [0.15, 0.2) is 5.82 Å². The van der Waals surface area contributed by atoms with E-state index in [1.165, 1.54) is 0 Å². The topological polar surface area (TPSA) is 82.8 Å². The number of hydrogen-bond acceptors (Lipinski definition) is 5. The van der Waals surface area contributed by atoms with E-state index < -0.39 is 0 Å². The number of nitrogens with two attached hydrogens (primary N) is 1. The fourth-order valence-corrected chi connectivity index (χ4v) is 2.22. The van der Waals surface area contributed by atoms with Gasteiger partial charge in [-0.05, 0) is 30.7 Å². The Bertz CT molecular complexity index is 747. The first-order chi connectivity index (χ1) is 10.2. The monoisotopic (exact) mass is 303 g/mol. The van der Waals surface area contributed by atoms with Crippen LogP contribution in [0, 0.1) is 0 Å². The Morgan fingerprint density at radius 3 is 2.76 bits per heavy atom. The van der Waals surface area contributed by atoms with E-state index in [2.05, 4.69) is 15.3 Å². The number of oxazole rings is 1. The molecule has 21 heavy (non-hydrogen) atoms. The minimum absolute atomic E-state index is 0.457. The van der Waals surface area contributed by atoms with Crippen LogP contribution in [0.5, 0.6) is 0 Å². The molecule has 0 atom stereocenters. The van der Waals surface area contributed by atoms with E-state index in [4.69, 9.17) is 21.8 Å². The number of benzene rings is 1. The molecule has 108 valence electrons. The van der Waals surface area contributed by atoms with Crippen LogP contribution in [0.15, 0.2) is 34.9 Å². The molecule has 2 aromatic heterocycles. The minimum atomic E-state index is 0.457. The highest BCUT2D eigenvalue weighted by atomic mass is 35.5. The van der Waals surface area contributed by atoms with Gasteiger partial charge >= 0.3 is 0 Å². The van der Waals surface area contributed by atoms with Crippen molar-refractivity contribution < 1.29 is 4.42 Å². The lowest BCUT2D eigenvalue weighted by molar-refractivity contribution is 0.566. The predicted molar refractivity (Wildman–Crippen MR) is 79.9 cm³/mol. The smallest absolute Gasteiger partial charge is 0.226 e. The molecule has 0 aliphatic heterocycles. The van der Waals surface area contributed by atoms with Crippen LogP contribution in [0.3, 0.4) is 0 Å². The van der Waals surface area contributed by atoms with Crippen molar-refractivity contribution in [2.24, 2.45) is 0 Å². The third-order valence-electron chi connectivity index (χ3n) is 3.16. The van der Waals surface area contributed by atoms with Gasteiger partial charge in [0.2, 0.25) is 5.89 Å². The molecule has 2 heterocycles. The third kappa shape index (κ3) is 2.75. The number of nitrogens with zero attached hydrogens (tertiary/aromatic N) is 4. The lowest BCUT2D eigenvalue weighted by Crippen LogP contribution is -2.07. The van der Waals surface area contributed by atoms with Gasteiger partial charge in [-0.15, -0.1) is 5.10 Å². The van der Waals surface area contributed by atoms with E-state index in [1.807, 2.05) is 19.1 Å². The second-order valence-electron chi connectivity index (χ2n) is 4.58. The van der Waals surface area contributed by atoms with Gasteiger partial charge in [-0.1, -0.05) is 23.7 Å². The molecule has 2 N–H and O–H groups in total. The molecule has 3 rings (SSSR count). The summed E-state index contributed by atoms with van der Waals surface area (Å²) in [6.07, 6.45) is 2.38. The van der Waals surface area contributed by atoms with Crippen LogP contribution in [0.2, 0.25) is 5.02 Å². The maximum Gasteiger partial charge on any atom is 0.226 e. The molecular formula is C14H14ClN5O. The normalized spacial score (nSPS) is 11.0. The largest absolute Gasteiger partial charge is 0.444 e. The second-order valence-corrected chi connectivity index (χ2v) is 5.02. The summed E-state index contributed by atoms with van der Waals surface area (Å²) < 4.78 is 7.23. The van der Waals surface area contributed by atoms with Gasteiger partial charge in [0, 0.05) is 10.6 Å².